The van der Waals surface area contributed by atoms with Crippen LogP contribution in [0.25, 0.3) is 0 Å². The third kappa shape index (κ3) is 9.95. The molecule has 0 nitrogen and oxygen atoms in total. The third-order valence-corrected chi connectivity index (χ3v) is 2.03. The molecule has 0 aromatic carbocycles. The zero-order chi connectivity index (χ0) is 11.1. The van der Waals surface area contributed by atoms with Crippen LogP contribution in [0.1, 0.15) is 33.1 Å². The molecule has 0 atom stereocenters. The molecule has 0 aromatic rings. The second-order valence-corrected chi connectivity index (χ2v) is 6.40. The van der Waals surface area contributed by atoms with E-state index in [1.807, 2.05) is 0 Å². The standard InChI is InChI=1S/C11H11.C3H6.2ClH.Zr/c1-2-6-10(5-1)9-11-7-3-4-8-11;1-3-2;;;/h1-3,5,7H,4,6,9H2;1-2H3;2*1H;/q-1;;;;+2/p-2. The molecule has 92 valence electrons. The van der Waals surface area contributed by atoms with E-state index in [4.69, 9.17) is 0 Å². The van der Waals surface area contributed by atoms with Crippen LogP contribution in [-0.4, -0.2) is 3.21 Å². The van der Waals surface area contributed by atoms with E-state index in [2.05, 4.69) is 50.3 Å². The van der Waals surface area contributed by atoms with Crippen molar-refractivity contribution in [1.82, 2.24) is 0 Å². The van der Waals surface area contributed by atoms with Crippen molar-refractivity contribution in [2.45, 2.75) is 33.1 Å². The van der Waals surface area contributed by atoms with Gasteiger partial charge in [-0.05, 0) is 12.8 Å². The van der Waals surface area contributed by atoms with Crippen LogP contribution in [0.4, 0.5) is 0 Å². The fourth-order valence-electron chi connectivity index (χ4n) is 1.44. The minimum Gasteiger partial charge on any atom is -1.00 e. The first-order valence-electron chi connectivity index (χ1n) is 5.31. The van der Waals surface area contributed by atoms with Crippen LogP contribution in [0.5, 0.6) is 0 Å². The van der Waals surface area contributed by atoms with Gasteiger partial charge in [-0.25, -0.2) is 11.6 Å². The van der Waals surface area contributed by atoms with E-state index in [9.17, 15) is 0 Å². The maximum atomic E-state index is 3.32. The first kappa shape index (κ1) is 19.6. The summed E-state index contributed by atoms with van der Waals surface area (Å²) in [7, 11) is 0. The number of hydrogen-bond acceptors (Lipinski definition) is 0. The number of rotatable bonds is 2. The molecule has 0 amide bonds. The number of hydrogen-bond donors (Lipinski definition) is 0. The molecule has 3 heteroatoms. The van der Waals surface area contributed by atoms with Crippen molar-refractivity contribution in [1.29, 1.82) is 0 Å². The minimum absolute atomic E-state index is 0. The quantitative estimate of drug-likeness (QED) is 0.493. The predicted octanol–water partition coefficient (Wildman–Crippen LogP) is -2.29. The van der Waals surface area contributed by atoms with Crippen LogP contribution in [0.15, 0.2) is 41.5 Å². The molecule has 2 aliphatic carbocycles. The van der Waals surface area contributed by atoms with Gasteiger partial charge in [-0.15, -0.1) is 6.42 Å². The van der Waals surface area contributed by atoms with Gasteiger partial charge >= 0.3 is 41.3 Å². The van der Waals surface area contributed by atoms with Gasteiger partial charge in [0.25, 0.3) is 0 Å². The van der Waals surface area contributed by atoms with Crippen LogP contribution < -0.4 is 24.8 Å². The van der Waals surface area contributed by atoms with Gasteiger partial charge in [-0.1, -0.05) is 23.8 Å². The van der Waals surface area contributed by atoms with E-state index in [0.717, 1.165) is 19.3 Å². The SMILES string of the molecule is C[C](C)=[Zr+2].[C-]1=C(CC2=CC=CC2)C=CC1.[Cl-].[Cl-]. The Hall–Kier alpha value is 0.293. The molecular weight excluding hydrogens is 330 g/mol. The second kappa shape index (κ2) is 11.4. The topological polar surface area (TPSA) is 0 Å². The van der Waals surface area contributed by atoms with Gasteiger partial charge in [0, 0.05) is 0 Å². The first-order valence-corrected chi connectivity index (χ1v) is 6.54. The smallest absolute Gasteiger partial charge is 0.0130 e. The van der Waals surface area contributed by atoms with Crippen molar-refractivity contribution in [3.8, 4) is 0 Å². The largest absolute Gasteiger partial charge is 1.00 e. The molecule has 17 heavy (non-hydrogen) atoms. The normalized spacial score (nSPS) is 15.1. The maximum Gasteiger partial charge on any atom is -0.0130 e. The molecule has 0 saturated carbocycles. The average Bonchev–Trinajstić information content (AvgIpc) is 2.76. The maximum absolute atomic E-state index is 3.32. The molecule has 0 radical (unpaired) electrons. The van der Waals surface area contributed by atoms with Crippen LogP contribution in [0.2, 0.25) is 0 Å². The fraction of sp³-hybridized carbons (Fsp3) is 0.357. The molecule has 0 aliphatic heterocycles. The molecule has 0 N–H and O–H groups in total. The Morgan fingerprint density at radius 2 is 1.94 bits per heavy atom. The molecule has 0 aromatic heterocycles. The Bertz CT molecular complexity index is 345. The summed E-state index contributed by atoms with van der Waals surface area (Å²) in [6.45, 7) is 4.25. The van der Waals surface area contributed by atoms with Crippen molar-refractivity contribution < 1.29 is 49.0 Å². The molecule has 2 aliphatic rings. The molecular formula is C14H17Cl2Zr-. The summed E-state index contributed by atoms with van der Waals surface area (Å²) >= 11 is 1.55. The van der Waals surface area contributed by atoms with Gasteiger partial charge in [-0.2, -0.15) is 6.08 Å². The fourth-order valence-corrected chi connectivity index (χ4v) is 1.44. The molecule has 0 unspecified atom stereocenters. The van der Waals surface area contributed by atoms with Gasteiger partial charge in [0.2, 0.25) is 0 Å². The van der Waals surface area contributed by atoms with Crippen LogP contribution in [-0.2, 0) is 24.2 Å². The first-order chi connectivity index (χ1) is 7.18. The monoisotopic (exact) mass is 345 g/mol. The van der Waals surface area contributed by atoms with E-state index in [0.29, 0.717) is 0 Å². The Labute approximate surface area is 132 Å². The van der Waals surface area contributed by atoms with E-state index < -0.39 is 0 Å². The molecule has 0 saturated heterocycles. The molecule has 0 fully saturated rings. The Balaban J connectivity index is 0. The Morgan fingerprint density at radius 3 is 2.35 bits per heavy atom. The summed E-state index contributed by atoms with van der Waals surface area (Å²) in [5.74, 6) is 0. The average molecular weight is 347 g/mol. The van der Waals surface area contributed by atoms with Gasteiger partial charge in [-0.3, -0.25) is 6.08 Å². The summed E-state index contributed by atoms with van der Waals surface area (Å²) in [6.07, 6.45) is 17.5. The van der Waals surface area contributed by atoms with Crippen molar-refractivity contribution >= 4 is 3.21 Å². The van der Waals surface area contributed by atoms with Crippen LogP contribution in [0, 0.1) is 6.08 Å². The van der Waals surface area contributed by atoms with Crippen molar-refractivity contribution in [2.75, 3.05) is 0 Å². The zero-order valence-electron chi connectivity index (χ0n) is 10.3. The molecule has 0 heterocycles. The molecule has 0 spiro atoms. The van der Waals surface area contributed by atoms with E-state index >= 15 is 0 Å². The second-order valence-electron chi connectivity index (χ2n) is 3.94. The zero-order valence-corrected chi connectivity index (χ0v) is 14.2. The number of halogens is 2. The van der Waals surface area contributed by atoms with Crippen LogP contribution in [0.3, 0.4) is 0 Å². The van der Waals surface area contributed by atoms with Crippen molar-refractivity contribution in [2.24, 2.45) is 0 Å². The number of allylic oxidation sites excluding steroid dienone is 8. The summed E-state index contributed by atoms with van der Waals surface area (Å²) in [5.41, 5.74) is 2.87. The van der Waals surface area contributed by atoms with Gasteiger partial charge < -0.3 is 24.8 Å². The van der Waals surface area contributed by atoms with E-state index in [1.165, 1.54) is 14.4 Å². The van der Waals surface area contributed by atoms with E-state index in [1.54, 1.807) is 24.2 Å². The molecule has 0 bridgehead atoms. The van der Waals surface area contributed by atoms with Gasteiger partial charge in [0.15, 0.2) is 0 Å². The summed E-state index contributed by atoms with van der Waals surface area (Å²) in [5, 5.41) is 0. The minimum atomic E-state index is 0. The van der Waals surface area contributed by atoms with E-state index in [-0.39, 0.29) is 24.8 Å². The van der Waals surface area contributed by atoms with Crippen LogP contribution >= 0.6 is 0 Å². The summed E-state index contributed by atoms with van der Waals surface area (Å²) in [4.78, 5) is 0. The van der Waals surface area contributed by atoms with Gasteiger partial charge in [0.1, 0.15) is 0 Å². The Kier molecular flexibility index (Phi) is 13.1. The van der Waals surface area contributed by atoms with Crippen molar-refractivity contribution in [3.05, 3.63) is 47.6 Å². The van der Waals surface area contributed by atoms with Gasteiger partial charge in [0.05, 0.1) is 0 Å². The molecule has 2 rings (SSSR count). The predicted molar refractivity (Wildman–Crippen MR) is 63.3 cm³/mol. The third-order valence-electron chi connectivity index (χ3n) is 2.03. The Morgan fingerprint density at radius 1 is 1.29 bits per heavy atom. The van der Waals surface area contributed by atoms with Crippen molar-refractivity contribution in [3.63, 3.8) is 0 Å². The summed E-state index contributed by atoms with van der Waals surface area (Å²) in [6, 6.07) is 0. The summed E-state index contributed by atoms with van der Waals surface area (Å²) < 4.78 is 1.51.